The van der Waals surface area contributed by atoms with Gasteiger partial charge in [0.2, 0.25) is 5.91 Å². The Labute approximate surface area is 97.9 Å². The number of halogens is 3. The van der Waals surface area contributed by atoms with Crippen molar-refractivity contribution < 1.29 is 22.7 Å². The second kappa shape index (κ2) is 6.20. The van der Waals surface area contributed by atoms with E-state index in [9.17, 15) is 18.0 Å². The number of hydrogen-bond donors (Lipinski definition) is 2. The van der Waals surface area contributed by atoms with Gasteiger partial charge in [0.25, 0.3) is 0 Å². The van der Waals surface area contributed by atoms with Crippen LogP contribution in [0.25, 0.3) is 0 Å². The average Bonchev–Trinajstić information content (AvgIpc) is 2.58. The van der Waals surface area contributed by atoms with Crippen molar-refractivity contribution in [2.45, 2.75) is 25.6 Å². The van der Waals surface area contributed by atoms with Gasteiger partial charge in [-0.2, -0.15) is 13.2 Å². The molecule has 2 atom stereocenters. The Morgan fingerprint density at radius 1 is 1.47 bits per heavy atom. The maximum atomic E-state index is 11.7. The Kier molecular flexibility index (Phi) is 5.20. The van der Waals surface area contributed by atoms with Crippen LogP contribution in [0, 0.1) is 5.92 Å². The van der Waals surface area contributed by atoms with Crippen LogP contribution in [0.2, 0.25) is 0 Å². The molecule has 7 heteroatoms. The van der Waals surface area contributed by atoms with Crippen LogP contribution in [0.15, 0.2) is 0 Å². The van der Waals surface area contributed by atoms with E-state index >= 15 is 0 Å². The number of nitrogens with one attached hydrogen (secondary N) is 2. The first-order valence-corrected chi connectivity index (χ1v) is 5.53. The second-order valence-corrected chi connectivity index (χ2v) is 4.23. The van der Waals surface area contributed by atoms with E-state index in [4.69, 9.17) is 0 Å². The lowest BCUT2D eigenvalue weighted by Gasteiger charge is -2.16. The quantitative estimate of drug-likeness (QED) is 0.709. The van der Waals surface area contributed by atoms with Crippen molar-refractivity contribution >= 4 is 5.91 Å². The zero-order chi connectivity index (χ0) is 12.9. The van der Waals surface area contributed by atoms with Crippen molar-refractivity contribution in [1.82, 2.24) is 10.6 Å². The first-order chi connectivity index (χ1) is 7.88. The predicted octanol–water partition coefficient (Wildman–Crippen LogP) is 0.679. The van der Waals surface area contributed by atoms with Gasteiger partial charge < -0.3 is 15.4 Å². The van der Waals surface area contributed by atoms with Crippen LogP contribution in [-0.4, -0.2) is 44.4 Å². The lowest BCUT2D eigenvalue weighted by Crippen LogP contribution is -2.39. The minimum atomic E-state index is -4.33. The van der Waals surface area contributed by atoms with Gasteiger partial charge in [-0.25, -0.2) is 0 Å². The van der Waals surface area contributed by atoms with Gasteiger partial charge in [-0.15, -0.1) is 0 Å². The fourth-order valence-electron chi connectivity index (χ4n) is 1.63. The van der Waals surface area contributed by atoms with Gasteiger partial charge in [0.15, 0.2) is 0 Å². The summed E-state index contributed by atoms with van der Waals surface area (Å²) in [5.41, 5.74) is 0. The molecule has 100 valence electrons. The molecule has 0 aromatic rings. The van der Waals surface area contributed by atoms with Crippen LogP contribution in [-0.2, 0) is 9.53 Å². The van der Waals surface area contributed by atoms with E-state index < -0.39 is 12.8 Å². The van der Waals surface area contributed by atoms with Crippen LogP contribution in [0.3, 0.4) is 0 Å². The molecule has 0 aromatic heterocycles. The lowest BCUT2D eigenvalue weighted by molar-refractivity contribution is -0.174. The normalized spacial score (nSPS) is 24.9. The summed E-state index contributed by atoms with van der Waals surface area (Å²) in [5.74, 6) is 0.0720. The number of amides is 1. The Hall–Kier alpha value is -0.820. The molecule has 4 nitrogen and oxygen atoms in total. The standard InChI is InChI=1S/C10H17F3N2O2/c1-7-4-14-5-8(7)15-9(16)2-3-17-6-10(11,12)13/h7-8,14H,2-6H2,1H3,(H,15,16). The van der Waals surface area contributed by atoms with E-state index in [2.05, 4.69) is 15.4 Å². The summed E-state index contributed by atoms with van der Waals surface area (Å²) >= 11 is 0. The molecule has 1 aliphatic rings. The summed E-state index contributed by atoms with van der Waals surface area (Å²) in [6, 6.07) is 0.0603. The fraction of sp³-hybridized carbons (Fsp3) is 0.900. The van der Waals surface area contributed by atoms with Crippen LogP contribution in [0.5, 0.6) is 0 Å². The van der Waals surface area contributed by atoms with E-state index in [1.165, 1.54) is 0 Å². The monoisotopic (exact) mass is 254 g/mol. The first-order valence-electron chi connectivity index (χ1n) is 5.53. The summed E-state index contributed by atoms with van der Waals surface area (Å²) in [5, 5.41) is 5.88. The van der Waals surface area contributed by atoms with Crippen molar-refractivity contribution in [3.63, 3.8) is 0 Å². The van der Waals surface area contributed by atoms with Gasteiger partial charge in [-0.3, -0.25) is 4.79 Å². The molecular weight excluding hydrogens is 237 g/mol. The fourth-order valence-corrected chi connectivity index (χ4v) is 1.63. The summed E-state index contributed by atoms with van der Waals surface area (Å²) in [6.07, 6.45) is -4.38. The molecule has 0 spiro atoms. The number of hydrogen-bond acceptors (Lipinski definition) is 3. The number of carbonyl (C=O) groups is 1. The Bertz CT molecular complexity index is 258. The van der Waals surface area contributed by atoms with Crippen LogP contribution in [0.4, 0.5) is 13.2 Å². The van der Waals surface area contributed by atoms with Crippen molar-refractivity contribution in [3.8, 4) is 0 Å². The number of ether oxygens (including phenoxy) is 1. The van der Waals surface area contributed by atoms with Gasteiger partial charge in [0.05, 0.1) is 6.61 Å². The molecule has 1 amide bonds. The first kappa shape index (κ1) is 14.2. The molecule has 17 heavy (non-hydrogen) atoms. The van der Waals surface area contributed by atoms with Crippen molar-refractivity contribution in [2.75, 3.05) is 26.3 Å². The van der Waals surface area contributed by atoms with Gasteiger partial charge in [-0.05, 0) is 12.5 Å². The Morgan fingerprint density at radius 2 is 2.18 bits per heavy atom. The SMILES string of the molecule is CC1CNCC1NC(=O)CCOCC(F)(F)F. The van der Waals surface area contributed by atoms with E-state index in [-0.39, 0.29) is 25.0 Å². The molecule has 0 saturated carbocycles. The molecular formula is C10H17F3N2O2. The molecule has 1 saturated heterocycles. The molecule has 0 aliphatic carbocycles. The van der Waals surface area contributed by atoms with Crippen molar-refractivity contribution in [2.24, 2.45) is 5.92 Å². The molecule has 1 aliphatic heterocycles. The van der Waals surface area contributed by atoms with Gasteiger partial charge in [0.1, 0.15) is 6.61 Å². The highest BCUT2D eigenvalue weighted by Crippen LogP contribution is 2.14. The minimum Gasteiger partial charge on any atom is -0.372 e. The van der Waals surface area contributed by atoms with E-state index in [1.54, 1.807) is 0 Å². The predicted molar refractivity (Wildman–Crippen MR) is 55.5 cm³/mol. The number of carbonyl (C=O) groups excluding carboxylic acids is 1. The van der Waals surface area contributed by atoms with Gasteiger partial charge in [-0.1, -0.05) is 6.92 Å². The molecule has 1 fully saturated rings. The van der Waals surface area contributed by atoms with Crippen LogP contribution in [0.1, 0.15) is 13.3 Å². The summed E-state index contributed by atoms with van der Waals surface area (Å²) in [7, 11) is 0. The third kappa shape index (κ3) is 5.88. The van der Waals surface area contributed by atoms with E-state index in [0.717, 1.165) is 6.54 Å². The van der Waals surface area contributed by atoms with Crippen LogP contribution < -0.4 is 10.6 Å². The molecule has 1 rings (SSSR count). The summed E-state index contributed by atoms with van der Waals surface area (Å²) in [4.78, 5) is 11.4. The van der Waals surface area contributed by atoms with E-state index in [0.29, 0.717) is 12.5 Å². The highest BCUT2D eigenvalue weighted by molar-refractivity contribution is 5.76. The third-order valence-corrected chi connectivity index (χ3v) is 2.60. The Morgan fingerprint density at radius 3 is 2.71 bits per heavy atom. The molecule has 0 radical (unpaired) electrons. The molecule has 1 heterocycles. The van der Waals surface area contributed by atoms with Crippen molar-refractivity contribution in [1.29, 1.82) is 0 Å². The molecule has 2 unspecified atom stereocenters. The van der Waals surface area contributed by atoms with Gasteiger partial charge in [0, 0.05) is 19.0 Å². The summed E-state index contributed by atoms with van der Waals surface area (Å²) in [6.45, 7) is 2.04. The van der Waals surface area contributed by atoms with E-state index in [1.807, 2.05) is 6.92 Å². The average molecular weight is 254 g/mol. The highest BCUT2D eigenvalue weighted by Gasteiger charge is 2.28. The summed E-state index contributed by atoms with van der Waals surface area (Å²) < 4.78 is 39.5. The highest BCUT2D eigenvalue weighted by atomic mass is 19.4. The number of alkyl halides is 3. The maximum Gasteiger partial charge on any atom is 0.411 e. The Balaban J connectivity index is 2.09. The zero-order valence-corrected chi connectivity index (χ0v) is 9.64. The smallest absolute Gasteiger partial charge is 0.372 e. The molecule has 0 aromatic carbocycles. The lowest BCUT2D eigenvalue weighted by atomic mass is 10.1. The second-order valence-electron chi connectivity index (χ2n) is 4.23. The van der Waals surface area contributed by atoms with Gasteiger partial charge >= 0.3 is 6.18 Å². The molecule has 2 N–H and O–H groups in total. The number of rotatable bonds is 5. The van der Waals surface area contributed by atoms with Crippen molar-refractivity contribution in [3.05, 3.63) is 0 Å². The molecule has 0 bridgehead atoms. The maximum absolute atomic E-state index is 11.7. The third-order valence-electron chi connectivity index (χ3n) is 2.60. The minimum absolute atomic E-state index is 0.0424. The van der Waals surface area contributed by atoms with Crippen LogP contribution >= 0.6 is 0 Å². The topological polar surface area (TPSA) is 50.4 Å². The zero-order valence-electron chi connectivity index (χ0n) is 9.64. The largest absolute Gasteiger partial charge is 0.411 e.